The summed E-state index contributed by atoms with van der Waals surface area (Å²) in [5.74, 6) is -1.04. The molecule has 0 heterocycles. The van der Waals surface area contributed by atoms with E-state index in [0.29, 0.717) is 23.1 Å². The molecule has 0 atom stereocenters. The summed E-state index contributed by atoms with van der Waals surface area (Å²) in [6, 6.07) is 8.36. The maximum atomic E-state index is 13.8. The first-order valence-electron chi connectivity index (χ1n) is 8.22. The van der Waals surface area contributed by atoms with Crippen LogP contribution >= 0.6 is 27.5 Å². The highest BCUT2D eigenvalue weighted by atomic mass is 79.9. The molecule has 0 bridgehead atoms. The van der Waals surface area contributed by atoms with Gasteiger partial charge in [-0.05, 0) is 36.4 Å². The molecule has 0 saturated carbocycles. The third-order valence-corrected chi connectivity index (χ3v) is 6.84. The van der Waals surface area contributed by atoms with Gasteiger partial charge in [-0.15, -0.1) is 0 Å². The minimum Gasteiger partial charge on any atom is -0.348 e. The van der Waals surface area contributed by atoms with E-state index >= 15 is 0 Å². The molecule has 0 radical (unpaired) electrons. The zero-order chi connectivity index (χ0) is 20.2. The summed E-state index contributed by atoms with van der Waals surface area (Å²) in [6.45, 7) is 4.03. The number of nitrogens with zero attached hydrogens (tertiary/aromatic N) is 1. The molecule has 0 aliphatic heterocycles. The average Bonchev–Trinajstić information content (AvgIpc) is 2.63. The van der Waals surface area contributed by atoms with E-state index < -0.39 is 21.7 Å². The Bertz CT molecular complexity index is 950. The standard InChI is InChI=1S/C18H19BrClFN2O3S/c1-3-23(4-2)27(25,26)14-6-7-16(20)15(10-14)18(24)22-11-12-9-13(19)5-8-17(12)21/h5-10H,3-4,11H2,1-2H3,(H,22,24). The molecular weight excluding hydrogens is 459 g/mol. The number of hydrogen-bond acceptors (Lipinski definition) is 3. The highest BCUT2D eigenvalue weighted by Crippen LogP contribution is 2.23. The van der Waals surface area contributed by atoms with Crippen LogP contribution in [0.5, 0.6) is 0 Å². The number of hydrogen-bond donors (Lipinski definition) is 1. The Morgan fingerprint density at radius 2 is 1.85 bits per heavy atom. The number of carbonyl (C=O) groups is 1. The largest absolute Gasteiger partial charge is 0.348 e. The van der Waals surface area contributed by atoms with Crippen molar-refractivity contribution in [3.8, 4) is 0 Å². The Hall–Kier alpha value is -1.48. The van der Waals surface area contributed by atoms with Gasteiger partial charge >= 0.3 is 0 Å². The molecule has 0 fully saturated rings. The van der Waals surface area contributed by atoms with Crippen molar-refractivity contribution >= 4 is 43.5 Å². The van der Waals surface area contributed by atoms with Crippen LogP contribution < -0.4 is 5.32 Å². The predicted octanol–water partition coefficient (Wildman–Crippen LogP) is 4.20. The Balaban J connectivity index is 2.27. The van der Waals surface area contributed by atoms with Gasteiger partial charge < -0.3 is 5.32 Å². The van der Waals surface area contributed by atoms with Crippen molar-refractivity contribution < 1.29 is 17.6 Å². The maximum absolute atomic E-state index is 13.8. The van der Waals surface area contributed by atoms with Gasteiger partial charge in [-0.2, -0.15) is 4.31 Å². The monoisotopic (exact) mass is 476 g/mol. The van der Waals surface area contributed by atoms with Crippen LogP contribution in [0.15, 0.2) is 45.8 Å². The van der Waals surface area contributed by atoms with Gasteiger partial charge in [0.2, 0.25) is 10.0 Å². The minimum atomic E-state index is -3.72. The van der Waals surface area contributed by atoms with E-state index in [1.54, 1.807) is 26.0 Å². The molecule has 5 nitrogen and oxygen atoms in total. The summed E-state index contributed by atoms with van der Waals surface area (Å²) in [5.41, 5.74) is 0.307. The smallest absolute Gasteiger partial charge is 0.253 e. The van der Waals surface area contributed by atoms with Crippen molar-refractivity contribution in [1.29, 1.82) is 0 Å². The first-order chi connectivity index (χ1) is 12.7. The van der Waals surface area contributed by atoms with E-state index in [4.69, 9.17) is 11.6 Å². The van der Waals surface area contributed by atoms with Gasteiger partial charge in [-0.3, -0.25) is 4.79 Å². The molecular formula is C18H19BrClFN2O3S. The lowest BCUT2D eigenvalue weighted by molar-refractivity contribution is 0.0950. The molecule has 2 rings (SSSR count). The Labute approximate surface area is 171 Å². The van der Waals surface area contributed by atoms with Crippen LogP contribution in [0.4, 0.5) is 4.39 Å². The Kier molecular flexibility index (Phi) is 7.39. The summed E-state index contributed by atoms with van der Waals surface area (Å²) in [4.78, 5) is 12.5. The SMILES string of the molecule is CCN(CC)S(=O)(=O)c1ccc(Cl)c(C(=O)NCc2cc(Br)ccc2F)c1. The van der Waals surface area contributed by atoms with Gasteiger partial charge in [0, 0.05) is 29.7 Å². The van der Waals surface area contributed by atoms with Gasteiger partial charge in [0.15, 0.2) is 0 Å². The van der Waals surface area contributed by atoms with Crippen LogP contribution in [-0.4, -0.2) is 31.7 Å². The van der Waals surface area contributed by atoms with Crippen LogP contribution in [0.1, 0.15) is 29.8 Å². The van der Waals surface area contributed by atoms with E-state index in [1.165, 1.54) is 28.6 Å². The molecule has 2 aromatic rings. The van der Waals surface area contributed by atoms with Crippen molar-refractivity contribution in [3.63, 3.8) is 0 Å². The van der Waals surface area contributed by atoms with Gasteiger partial charge in [0.05, 0.1) is 15.5 Å². The maximum Gasteiger partial charge on any atom is 0.253 e. The summed E-state index contributed by atoms with van der Waals surface area (Å²) < 4.78 is 41.0. The van der Waals surface area contributed by atoms with Gasteiger partial charge in [0.1, 0.15) is 5.82 Å². The molecule has 0 unspecified atom stereocenters. The number of nitrogens with one attached hydrogen (secondary N) is 1. The second-order valence-corrected chi connectivity index (χ2v) is 8.91. The minimum absolute atomic E-state index is 0.0142. The van der Waals surface area contributed by atoms with Gasteiger partial charge in [0.25, 0.3) is 5.91 Å². The number of halogens is 3. The molecule has 1 N–H and O–H groups in total. The normalized spacial score (nSPS) is 11.6. The van der Waals surface area contributed by atoms with Crippen molar-refractivity contribution in [1.82, 2.24) is 9.62 Å². The molecule has 27 heavy (non-hydrogen) atoms. The fourth-order valence-electron chi connectivity index (χ4n) is 2.50. The summed E-state index contributed by atoms with van der Waals surface area (Å²) in [5, 5.41) is 2.68. The van der Waals surface area contributed by atoms with E-state index in [0.717, 1.165) is 0 Å². The zero-order valence-corrected chi connectivity index (χ0v) is 18.0. The molecule has 0 aliphatic rings. The van der Waals surface area contributed by atoms with Gasteiger partial charge in [-0.1, -0.05) is 41.4 Å². The first kappa shape index (κ1) is 21.8. The Morgan fingerprint density at radius 3 is 2.48 bits per heavy atom. The topological polar surface area (TPSA) is 66.5 Å². The Morgan fingerprint density at radius 1 is 1.19 bits per heavy atom. The van der Waals surface area contributed by atoms with Crippen molar-refractivity contribution in [2.45, 2.75) is 25.3 Å². The second-order valence-electron chi connectivity index (χ2n) is 5.65. The number of sulfonamides is 1. The average molecular weight is 478 g/mol. The van der Waals surface area contributed by atoms with Crippen molar-refractivity contribution in [3.05, 3.63) is 62.8 Å². The fourth-order valence-corrected chi connectivity index (χ4v) is 4.60. The summed E-state index contributed by atoms with van der Waals surface area (Å²) >= 11 is 9.32. The van der Waals surface area contributed by atoms with Crippen LogP contribution in [-0.2, 0) is 16.6 Å². The molecule has 0 aromatic heterocycles. The van der Waals surface area contributed by atoms with E-state index in [-0.39, 0.29) is 22.0 Å². The first-order valence-corrected chi connectivity index (χ1v) is 10.8. The lowest BCUT2D eigenvalue weighted by Crippen LogP contribution is -2.31. The second kappa shape index (κ2) is 9.14. The number of benzene rings is 2. The van der Waals surface area contributed by atoms with E-state index in [2.05, 4.69) is 21.2 Å². The third kappa shape index (κ3) is 5.07. The molecule has 2 aromatic carbocycles. The summed E-state index contributed by atoms with van der Waals surface area (Å²) in [6.07, 6.45) is 0. The quantitative estimate of drug-likeness (QED) is 0.650. The van der Waals surface area contributed by atoms with Crippen LogP contribution in [0.3, 0.4) is 0 Å². The summed E-state index contributed by atoms with van der Waals surface area (Å²) in [7, 11) is -3.72. The lowest BCUT2D eigenvalue weighted by Gasteiger charge is -2.19. The molecule has 0 saturated heterocycles. The van der Waals surface area contributed by atoms with E-state index in [9.17, 15) is 17.6 Å². The third-order valence-electron chi connectivity index (χ3n) is 3.97. The van der Waals surface area contributed by atoms with Crippen LogP contribution in [0, 0.1) is 5.82 Å². The van der Waals surface area contributed by atoms with Crippen LogP contribution in [0.2, 0.25) is 5.02 Å². The molecule has 1 amide bonds. The fraction of sp³-hybridized carbons (Fsp3) is 0.278. The number of carbonyl (C=O) groups excluding carboxylic acids is 1. The highest BCUT2D eigenvalue weighted by Gasteiger charge is 2.24. The van der Waals surface area contributed by atoms with E-state index in [1.807, 2.05) is 0 Å². The molecule has 146 valence electrons. The predicted molar refractivity (Wildman–Crippen MR) is 107 cm³/mol. The van der Waals surface area contributed by atoms with Crippen molar-refractivity contribution in [2.24, 2.45) is 0 Å². The van der Waals surface area contributed by atoms with Gasteiger partial charge in [-0.25, -0.2) is 12.8 Å². The number of rotatable bonds is 7. The zero-order valence-electron chi connectivity index (χ0n) is 14.8. The molecule has 0 aliphatic carbocycles. The molecule has 0 spiro atoms. The number of amides is 1. The lowest BCUT2D eigenvalue weighted by atomic mass is 10.2. The van der Waals surface area contributed by atoms with Crippen molar-refractivity contribution in [2.75, 3.05) is 13.1 Å². The van der Waals surface area contributed by atoms with Crippen LogP contribution in [0.25, 0.3) is 0 Å². The molecule has 9 heteroatoms. The highest BCUT2D eigenvalue weighted by molar-refractivity contribution is 9.10.